The van der Waals surface area contributed by atoms with E-state index in [2.05, 4.69) is 15.3 Å². The number of amides is 1. The monoisotopic (exact) mass is 306 g/mol. The zero-order valence-electron chi connectivity index (χ0n) is 13.5. The summed E-state index contributed by atoms with van der Waals surface area (Å²) >= 11 is 0. The number of piperidine rings is 1. The van der Waals surface area contributed by atoms with Gasteiger partial charge < -0.3 is 10.1 Å². The van der Waals surface area contributed by atoms with Gasteiger partial charge in [-0.2, -0.15) is 5.10 Å². The molecule has 0 spiro atoms. The molecule has 3 rings (SSSR count). The number of hydrogen-bond donors (Lipinski definition) is 1. The van der Waals surface area contributed by atoms with Crippen LogP contribution in [0.4, 0.5) is 0 Å². The Balaban J connectivity index is 1.52. The first-order chi connectivity index (χ1) is 10.6. The molecule has 0 radical (unpaired) electrons. The standard InChI is InChI=1S/C16H26N4O2/c1-12-9-15(18-19(12)2)16(21)17-13-5-3-7-20(10-13)11-14-6-4-8-22-14/h9,13-14H,3-8,10-11H2,1-2H3,(H,17,21). The molecule has 2 fully saturated rings. The van der Waals surface area contributed by atoms with E-state index < -0.39 is 0 Å². The molecule has 0 aromatic carbocycles. The number of hydrogen-bond acceptors (Lipinski definition) is 4. The third-order valence-electron chi connectivity index (χ3n) is 4.67. The summed E-state index contributed by atoms with van der Waals surface area (Å²) in [5.74, 6) is -0.0623. The SMILES string of the molecule is Cc1cc(C(=O)NC2CCCN(CC3CCCO3)C2)nn1C. The molecule has 2 atom stereocenters. The number of ether oxygens (including phenoxy) is 1. The largest absolute Gasteiger partial charge is 0.377 e. The highest BCUT2D eigenvalue weighted by atomic mass is 16.5. The van der Waals surface area contributed by atoms with Gasteiger partial charge in [-0.3, -0.25) is 14.4 Å². The molecule has 2 saturated heterocycles. The maximum atomic E-state index is 12.3. The summed E-state index contributed by atoms with van der Waals surface area (Å²) in [6.07, 6.45) is 4.89. The second kappa shape index (κ2) is 6.79. The zero-order chi connectivity index (χ0) is 15.5. The topological polar surface area (TPSA) is 59.4 Å². The van der Waals surface area contributed by atoms with E-state index in [0.29, 0.717) is 11.8 Å². The average molecular weight is 306 g/mol. The highest BCUT2D eigenvalue weighted by Gasteiger charge is 2.26. The van der Waals surface area contributed by atoms with E-state index in [9.17, 15) is 4.79 Å². The Morgan fingerprint density at radius 1 is 1.45 bits per heavy atom. The van der Waals surface area contributed by atoms with Gasteiger partial charge in [0.2, 0.25) is 0 Å². The van der Waals surface area contributed by atoms with Crippen LogP contribution >= 0.6 is 0 Å². The van der Waals surface area contributed by atoms with Crippen LogP contribution in [0, 0.1) is 6.92 Å². The highest BCUT2D eigenvalue weighted by Crippen LogP contribution is 2.17. The first-order valence-electron chi connectivity index (χ1n) is 8.27. The highest BCUT2D eigenvalue weighted by molar-refractivity contribution is 5.92. The number of aromatic nitrogens is 2. The maximum absolute atomic E-state index is 12.3. The van der Waals surface area contributed by atoms with Crippen LogP contribution in [0.2, 0.25) is 0 Å². The summed E-state index contributed by atoms with van der Waals surface area (Å²) in [5, 5.41) is 7.38. The second-order valence-corrected chi connectivity index (χ2v) is 6.50. The van der Waals surface area contributed by atoms with Crippen LogP contribution in [-0.4, -0.2) is 59.0 Å². The van der Waals surface area contributed by atoms with Gasteiger partial charge in [0.15, 0.2) is 0 Å². The van der Waals surface area contributed by atoms with E-state index in [4.69, 9.17) is 4.74 Å². The summed E-state index contributed by atoms with van der Waals surface area (Å²) in [4.78, 5) is 14.7. The fraction of sp³-hybridized carbons (Fsp3) is 0.750. The molecule has 2 aliphatic heterocycles. The van der Waals surface area contributed by atoms with Crippen LogP contribution < -0.4 is 5.32 Å². The molecule has 2 aliphatic rings. The molecular formula is C16H26N4O2. The summed E-state index contributed by atoms with van der Waals surface area (Å²) in [6.45, 7) is 5.87. The summed E-state index contributed by atoms with van der Waals surface area (Å²) in [7, 11) is 1.86. The number of carbonyl (C=O) groups is 1. The first-order valence-corrected chi connectivity index (χ1v) is 8.27. The molecule has 0 aliphatic carbocycles. The van der Waals surface area contributed by atoms with Crippen LogP contribution in [-0.2, 0) is 11.8 Å². The van der Waals surface area contributed by atoms with Crippen LogP contribution in [0.1, 0.15) is 41.9 Å². The average Bonchev–Trinajstić information content (AvgIpc) is 3.10. The Labute approximate surface area is 131 Å². The smallest absolute Gasteiger partial charge is 0.272 e. The van der Waals surface area contributed by atoms with Gasteiger partial charge in [0.1, 0.15) is 5.69 Å². The lowest BCUT2D eigenvalue weighted by Gasteiger charge is -2.34. The second-order valence-electron chi connectivity index (χ2n) is 6.50. The molecule has 6 nitrogen and oxygen atoms in total. The van der Waals surface area contributed by atoms with Crippen LogP contribution in [0.5, 0.6) is 0 Å². The van der Waals surface area contributed by atoms with Gasteiger partial charge in [-0.15, -0.1) is 0 Å². The van der Waals surface area contributed by atoms with Crippen LogP contribution in [0.15, 0.2) is 6.07 Å². The molecular weight excluding hydrogens is 280 g/mol. The fourth-order valence-electron chi connectivity index (χ4n) is 3.35. The van der Waals surface area contributed by atoms with Gasteiger partial charge in [0.05, 0.1) is 6.10 Å². The lowest BCUT2D eigenvalue weighted by molar-refractivity contribution is 0.0593. The minimum absolute atomic E-state index is 0.0623. The maximum Gasteiger partial charge on any atom is 0.272 e. The van der Waals surface area contributed by atoms with E-state index >= 15 is 0 Å². The summed E-state index contributed by atoms with van der Waals surface area (Å²) in [6, 6.07) is 2.05. The van der Waals surface area contributed by atoms with Crippen molar-refractivity contribution >= 4 is 5.91 Å². The summed E-state index contributed by atoms with van der Waals surface area (Å²) in [5.41, 5.74) is 1.50. The molecule has 22 heavy (non-hydrogen) atoms. The van der Waals surface area contributed by atoms with Gasteiger partial charge in [-0.05, 0) is 45.2 Å². The van der Waals surface area contributed by atoms with Gasteiger partial charge in [0.25, 0.3) is 5.91 Å². The Kier molecular flexibility index (Phi) is 4.78. The Morgan fingerprint density at radius 2 is 2.32 bits per heavy atom. The van der Waals surface area contributed by atoms with Crippen LogP contribution in [0.3, 0.4) is 0 Å². The van der Waals surface area contributed by atoms with Crippen molar-refractivity contribution in [1.82, 2.24) is 20.0 Å². The number of likely N-dealkylation sites (tertiary alicyclic amines) is 1. The number of nitrogens with one attached hydrogen (secondary N) is 1. The molecule has 0 bridgehead atoms. The quantitative estimate of drug-likeness (QED) is 0.905. The number of aryl methyl sites for hydroxylation is 2. The molecule has 1 amide bonds. The van der Waals surface area contributed by atoms with E-state index in [1.54, 1.807) is 4.68 Å². The Hall–Kier alpha value is -1.40. The zero-order valence-corrected chi connectivity index (χ0v) is 13.5. The first kappa shape index (κ1) is 15.5. The van der Waals surface area contributed by atoms with Crippen molar-refractivity contribution in [1.29, 1.82) is 0 Å². The van der Waals surface area contributed by atoms with Crippen molar-refractivity contribution in [2.75, 3.05) is 26.2 Å². The van der Waals surface area contributed by atoms with Gasteiger partial charge in [0, 0.05) is 38.5 Å². The van der Waals surface area contributed by atoms with Crippen molar-refractivity contribution in [3.8, 4) is 0 Å². The molecule has 1 aromatic heterocycles. The van der Waals surface area contributed by atoms with Crippen molar-refractivity contribution in [3.05, 3.63) is 17.5 Å². The third kappa shape index (κ3) is 3.67. The third-order valence-corrected chi connectivity index (χ3v) is 4.67. The van der Waals surface area contributed by atoms with Gasteiger partial charge >= 0.3 is 0 Å². The molecule has 1 N–H and O–H groups in total. The predicted octanol–water partition coefficient (Wildman–Crippen LogP) is 1.10. The predicted molar refractivity (Wildman–Crippen MR) is 83.8 cm³/mol. The van der Waals surface area contributed by atoms with Crippen molar-refractivity contribution < 1.29 is 9.53 Å². The van der Waals surface area contributed by atoms with E-state index in [1.807, 2.05) is 20.0 Å². The Morgan fingerprint density at radius 3 is 3.00 bits per heavy atom. The normalized spacial score (nSPS) is 26.3. The fourth-order valence-corrected chi connectivity index (χ4v) is 3.35. The number of nitrogens with zero attached hydrogens (tertiary/aromatic N) is 3. The molecule has 2 unspecified atom stereocenters. The Bertz CT molecular complexity index is 503. The van der Waals surface area contributed by atoms with E-state index in [-0.39, 0.29) is 11.9 Å². The van der Waals surface area contributed by atoms with Gasteiger partial charge in [-0.25, -0.2) is 0 Å². The molecule has 122 valence electrons. The van der Waals surface area contributed by atoms with E-state index in [1.165, 1.54) is 12.8 Å². The van der Waals surface area contributed by atoms with Gasteiger partial charge in [-0.1, -0.05) is 0 Å². The molecule has 1 aromatic rings. The molecule has 0 saturated carbocycles. The lowest BCUT2D eigenvalue weighted by Crippen LogP contribution is -2.49. The van der Waals surface area contributed by atoms with Crippen molar-refractivity contribution in [3.63, 3.8) is 0 Å². The minimum Gasteiger partial charge on any atom is -0.377 e. The van der Waals surface area contributed by atoms with Crippen molar-refractivity contribution in [2.24, 2.45) is 7.05 Å². The van der Waals surface area contributed by atoms with E-state index in [0.717, 1.165) is 44.8 Å². The summed E-state index contributed by atoms with van der Waals surface area (Å²) < 4.78 is 7.45. The number of carbonyl (C=O) groups excluding carboxylic acids is 1. The number of rotatable bonds is 4. The van der Waals surface area contributed by atoms with Crippen molar-refractivity contribution in [2.45, 2.75) is 44.8 Å². The van der Waals surface area contributed by atoms with Crippen LogP contribution in [0.25, 0.3) is 0 Å². The molecule has 6 heteroatoms. The molecule has 3 heterocycles. The minimum atomic E-state index is -0.0623. The lowest BCUT2D eigenvalue weighted by atomic mass is 10.0.